The third kappa shape index (κ3) is 7.98. The third-order valence-corrected chi connectivity index (χ3v) is 9.09. The molecule has 0 aliphatic rings. The predicted molar refractivity (Wildman–Crippen MR) is 173 cm³/mol. The lowest BCUT2D eigenvalue weighted by atomic mass is 10.0. The van der Waals surface area contributed by atoms with Crippen LogP contribution in [0, 0.1) is 6.92 Å². The van der Waals surface area contributed by atoms with Crippen LogP contribution in [0.15, 0.2) is 108 Å². The first-order valence-corrected chi connectivity index (χ1v) is 16.0. The molecule has 0 fully saturated rings. The van der Waals surface area contributed by atoms with E-state index in [4.69, 9.17) is 16.3 Å². The van der Waals surface area contributed by atoms with E-state index in [2.05, 4.69) is 5.32 Å². The van der Waals surface area contributed by atoms with E-state index in [0.717, 1.165) is 21.0 Å². The molecule has 0 heterocycles. The lowest BCUT2D eigenvalue weighted by Crippen LogP contribution is -2.53. The van der Waals surface area contributed by atoms with Crippen molar-refractivity contribution in [3.63, 3.8) is 0 Å². The van der Waals surface area contributed by atoms with Gasteiger partial charge in [-0.15, -0.1) is 0 Å². The number of amides is 2. The fourth-order valence-electron chi connectivity index (χ4n) is 4.94. The Morgan fingerprint density at radius 3 is 2.18 bits per heavy atom. The number of ether oxygens (including phenoxy) is 1. The summed E-state index contributed by atoms with van der Waals surface area (Å²) in [6, 6.07) is 28.6. The van der Waals surface area contributed by atoms with Crippen molar-refractivity contribution in [3.05, 3.63) is 125 Å². The Kier molecular flexibility index (Phi) is 11.0. The molecule has 0 aliphatic heterocycles. The molecule has 0 radical (unpaired) electrons. The Balaban J connectivity index is 1.84. The summed E-state index contributed by atoms with van der Waals surface area (Å²) in [6.45, 7) is 3.60. The molecule has 0 unspecified atom stereocenters. The topological polar surface area (TPSA) is 96.0 Å². The quantitative estimate of drug-likeness (QED) is 0.206. The second kappa shape index (κ2) is 14.9. The van der Waals surface area contributed by atoms with Crippen molar-refractivity contribution in [1.82, 2.24) is 10.2 Å². The monoisotopic (exact) mass is 633 g/mol. The van der Waals surface area contributed by atoms with E-state index in [9.17, 15) is 18.0 Å². The molecule has 4 rings (SSSR count). The largest absolute Gasteiger partial charge is 0.495 e. The SMILES string of the molecule is CCNC(=O)[C@@H](Cc1ccccc1)N(Cc1cccc(C)c1)C(=O)CN(c1cc(Cl)ccc1OC)S(=O)(=O)c1ccccc1. The summed E-state index contributed by atoms with van der Waals surface area (Å²) in [7, 11) is -2.87. The van der Waals surface area contributed by atoms with Crippen LogP contribution in [0.2, 0.25) is 5.02 Å². The molecule has 0 aromatic heterocycles. The van der Waals surface area contributed by atoms with Crippen molar-refractivity contribution in [1.29, 1.82) is 0 Å². The normalized spacial score (nSPS) is 11.8. The maximum Gasteiger partial charge on any atom is 0.264 e. The molecule has 10 heteroatoms. The highest BCUT2D eigenvalue weighted by Gasteiger charge is 2.35. The number of aryl methyl sites for hydroxylation is 1. The lowest BCUT2D eigenvalue weighted by Gasteiger charge is -2.34. The van der Waals surface area contributed by atoms with Crippen molar-refractivity contribution in [2.45, 2.75) is 37.8 Å². The standard InChI is InChI=1S/C34H36ClN3O5S/c1-4-36-34(40)31(21-26-13-7-5-8-14-26)37(23-27-15-11-12-25(2)20-27)33(39)24-38(30-22-28(35)18-19-32(30)43-3)44(41,42)29-16-9-6-10-17-29/h5-20,22,31H,4,21,23-24H2,1-3H3,(H,36,40)/t31-/m1/s1. The smallest absolute Gasteiger partial charge is 0.264 e. The minimum Gasteiger partial charge on any atom is -0.495 e. The number of nitrogens with one attached hydrogen (secondary N) is 1. The maximum absolute atomic E-state index is 14.5. The number of nitrogens with zero attached hydrogens (tertiary/aromatic N) is 2. The van der Waals surface area contributed by atoms with E-state index in [1.807, 2.05) is 68.4 Å². The summed E-state index contributed by atoms with van der Waals surface area (Å²) in [6.07, 6.45) is 0.232. The molecule has 4 aromatic rings. The Morgan fingerprint density at radius 1 is 0.886 bits per heavy atom. The van der Waals surface area contributed by atoms with Gasteiger partial charge in [0.1, 0.15) is 18.3 Å². The predicted octanol–water partition coefficient (Wildman–Crippen LogP) is 5.63. The Bertz CT molecular complexity index is 1680. The second-order valence-electron chi connectivity index (χ2n) is 10.3. The zero-order valence-corrected chi connectivity index (χ0v) is 26.5. The van der Waals surface area contributed by atoms with Crippen LogP contribution >= 0.6 is 11.6 Å². The summed E-state index contributed by atoms with van der Waals surface area (Å²) in [5, 5.41) is 3.13. The van der Waals surface area contributed by atoms with Gasteiger partial charge in [-0.25, -0.2) is 8.42 Å². The van der Waals surface area contributed by atoms with Crippen LogP contribution in [-0.4, -0.2) is 51.4 Å². The number of benzene rings is 4. The van der Waals surface area contributed by atoms with Crippen LogP contribution in [0.5, 0.6) is 5.75 Å². The van der Waals surface area contributed by atoms with E-state index in [1.54, 1.807) is 30.3 Å². The van der Waals surface area contributed by atoms with Gasteiger partial charge in [0.2, 0.25) is 11.8 Å². The number of anilines is 1. The summed E-state index contributed by atoms with van der Waals surface area (Å²) < 4.78 is 34.8. The first kappa shape index (κ1) is 32.6. The average Bonchev–Trinajstić information content (AvgIpc) is 3.02. The number of halogens is 1. The number of hydrogen-bond acceptors (Lipinski definition) is 5. The minimum atomic E-state index is -4.28. The van der Waals surface area contributed by atoms with Gasteiger partial charge in [-0.2, -0.15) is 0 Å². The molecule has 1 N–H and O–H groups in total. The van der Waals surface area contributed by atoms with Crippen molar-refractivity contribution in [2.24, 2.45) is 0 Å². The second-order valence-corrected chi connectivity index (χ2v) is 12.6. The van der Waals surface area contributed by atoms with Gasteiger partial charge >= 0.3 is 0 Å². The van der Waals surface area contributed by atoms with Gasteiger partial charge in [0, 0.05) is 24.5 Å². The van der Waals surface area contributed by atoms with Crippen LogP contribution in [0.1, 0.15) is 23.6 Å². The first-order valence-electron chi connectivity index (χ1n) is 14.2. The number of hydrogen-bond donors (Lipinski definition) is 1. The Morgan fingerprint density at radius 2 is 1.55 bits per heavy atom. The van der Waals surface area contributed by atoms with Crippen LogP contribution < -0.4 is 14.4 Å². The molecule has 230 valence electrons. The van der Waals surface area contributed by atoms with Crippen LogP contribution in [0.25, 0.3) is 0 Å². The van der Waals surface area contributed by atoms with E-state index < -0.39 is 28.5 Å². The molecule has 1 atom stereocenters. The molecule has 0 aliphatic carbocycles. The van der Waals surface area contributed by atoms with Crippen LogP contribution in [-0.2, 0) is 32.6 Å². The number of rotatable bonds is 13. The molecular weight excluding hydrogens is 598 g/mol. The zero-order chi connectivity index (χ0) is 31.7. The zero-order valence-electron chi connectivity index (χ0n) is 24.9. The number of methoxy groups -OCH3 is 1. The molecule has 4 aromatic carbocycles. The van der Waals surface area contributed by atoms with Crippen molar-refractivity contribution >= 4 is 39.1 Å². The molecule has 0 bridgehead atoms. The van der Waals surface area contributed by atoms with Crippen LogP contribution in [0.3, 0.4) is 0 Å². The number of carbonyl (C=O) groups excluding carboxylic acids is 2. The average molecular weight is 634 g/mol. The van der Waals surface area contributed by atoms with E-state index >= 15 is 0 Å². The molecular formula is C34H36ClN3O5S. The molecule has 8 nitrogen and oxygen atoms in total. The van der Waals surface area contributed by atoms with Gasteiger partial charge < -0.3 is 15.0 Å². The Hall–Kier alpha value is -4.34. The molecule has 2 amide bonds. The van der Waals surface area contributed by atoms with Gasteiger partial charge in [0.25, 0.3) is 10.0 Å². The highest BCUT2D eigenvalue weighted by molar-refractivity contribution is 7.92. The van der Waals surface area contributed by atoms with Crippen molar-refractivity contribution in [2.75, 3.05) is 24.5 Å². The first-order chi connectivity index (χ1) is 21.1. The molecule has 44 heavy (non-hydrogen) atoms. The van der Waals surface area contributed by atoms with Gasteiger partial charge in [-0.05, 0) is 55.3 Å². The van der Waals surface area contributed by atoms with Crippen molar-refractivity contribution < 1.29 is 22.7 Å². The number of sulfonamides is 1. The van der Waals surface area contributed by atoms with Crippen molar-refractivity contribution in [3.8, 4) is 5.75 Å². The highest BCUT2D eigenvalue weighted by atomic mass is 35.5. The van der Waals surface area contributed by atoms with E-state index in [0.29, 0.717) is 6.54 Å². The fraction of sp³-hybridized carbons (Fsp3) is 0.235. The highest BCUT2D eigenvalue weighted by Crippen LogP contribution is 2.35. The third-order valence-electron chi connectivity index (χ3n) is 7.08. The Labute approximate surface area is 264 Å². The number of carbonyl (C=O) groups is 2. The van der Waals surface area contributed by atoms with Gasteiger partial charge in [0.15, 0.2) is 0 Å². The molecule has 0 saturated carbocycles. The summed E-state index contributed by atoms with van der Waals surface area (Å²) in [5.41, 5.74) is 2.75. The van der Waals surface area contributed by atoms with Gasteiger partial charge in [-0.1, -0.05) is 90.0 Å². The molecule has 0 spiro atoms. The van der Waals surface area contributed by atoms with E-state index in [-0.39, 0.29) is 40.2 Å². The lowest BCUT2D eigenvalue weighted by molar-refractivity contribution is -0.140. The fourth-order valence-corrected chi connectivity index (χ4v) is 6.55. The maximum atomic E-state index is 14.5. The summed E-state index contributed by atoms with van der Waals surface area (Å²) >= 11 is 6.33. The van der Waals surface area contributed by atoms with Crippen LogP contribution in [0.4, 0.5) is 5.69 Å². The summed E-state index contributed by atoms with van der Waals surface area (Å²) in [4.78, 5) is 29.5. The molecule has 0 saturated heterocycles. The minimum absolute atomic E-state index is 0.00961. The number of likely N-dealkylation sites (N-methyl/N-ethyl adjacent to an activating group) is 1. The summed E-state index contributed by atoms with van der Waals surface area (Å²) in [5.74, 6) is -0.688. The van der Waals surface area contributed by atoms with Gasteiger partial charge in [-0.3, -0.25) is 13.9 Å². The van der Waals surface area contributed by atoms with E-state index in [1.165, 1.54) is 30.2 Å². The van der Waals surface area contributed by atoms with Gasteiger partial charge in [0.05, 0.1) is 17.7 Å².